The molecule has 0 aliphatic carbocycles. The zero-order valence-electron chi connectivity index (χ0n) is 19.6. The minimum atomic E-state index is -0.784. The molecule has 186 valence electrons. The summed E-state index contributed by atoms with van der Waals surface area (Å²) in [5.74, 6) is -0.261. The largest absolute Gasteiger partial charge is 0.493 e. The van der Waals surface area contributed by atoms with Crippen LogP contribution in [0.1, 0.15) is 29.4 Å². The Labute approximate surface area is 208 Å². The average molecular weight is 511 g/mol. The molecule has 13 heteroatoms. The van der Waals surface area contributed by atoms with Crippen molar-refractivity contribution in [2.24, 2.45) is 0 Å². The summed E-state index contributed by atoms with van der Waals surface area (Å²) in [6.45, 7) is 1.97. The predicted octanol–water partition coefficient (Wildman–Crippen LogP) is 3.81. The van der Waals surface area contributed by atoms with Crippen LogP contribution in [-0.4, -0.2) is 44.8 Å². The van der Waals surface area contributed by atoms with Gasteiger partial charge < -0.3 is 14.8 Å². The highest BCUT2D eigenvalue weighted by molar-refractivity contribution is 7.13. The number of nitro groups is 1. The Hall–Kier alpha value is -4.52. The molecular weight excluding hydrogens is 488 g/mol. The van der Waals surface area contributed by atoms with Crippen molar-refractivity contribution < 1.29 is 19.2 Å². The van der Waals surface area contributed by atoms with Gasteiger partial charge in [-0.3, -0.25) is 24.7 Å². The molecule has 0 fully saturated rings. The Bertz CT molecular complexity index is 1480. The van der Waals surface area contributed by atoms with Crippen molar-refractivity contribution in [1.82, 2.24) is 19.7 Å². The van der Waals surface area contributed by atoms with Gasteiger partial charge in [-0.05, 0) is 17.9 Å². The van der Waals surface area contributed by atoms with Crippen molar-refractivity contribution in [1.29, 1.82) is 0 Å². The van der Waals surface area contributed by atoms with Gasteiger partial charge in [0.2, 0.25) is 5.95 Å². The lowest BCUT2D eigenvalue weighted by atomic mass is 10.1. The molecule has 0 radical (unpaired) electrons. The number of H-pyrrole nitrogens is 1. The van der Waals surface area contributed by atoms with Crippen LogP contribution in [0.15, 0.2) is 46.6 Å². The van der Waals surface area contributed by atoms with Gasteiger partial charge in [0.1, 0.15) is 17.1 Å². The maximum absolute atomic E-state index is 13.3. The number of carbonyl (C=O) groups is 1. The molecule has 0 atom stereocenters. The van der Waals surface area contributed by atoms with Crippen LogP contribution in [0.3, 0.4) is 0 Å². The van der Waals surface area contributed by atoms with E-state index in [1.54, 1.807) is 6.07 Å². The molecule has 4 aromatic rings. The third-order valence-electron chi connectivity index (χ3n) is 5.16. The molecule has 0 saturated heterocycles. The molecule has 1 aromatic carbocycles. The maximum Gasteiger partial charge on any atom is 0.286 e. The van der Waals surface area contributed by atoms with Gasteiger partial charge >= 0.3 is 0 Å². The molecule has 1 amide bonds. The monoisotopic (exact) mass is 510 g/mol. The number of methoxy groups -OCH3 is 2. The number of nitrogens with zero attached hydrogens (tertiary/aromatic N) is 4. The number of anilines is 1. The summed E-state index contributed by atoms with van der Waals surface area (Å²) in [7, 11) is 2.70. The van der Waals surface area contributed by atoms with E-state index in [1.807, 2.05) is 24.4 Å². The van der Waals surface area contributed by atoms with Gasteiger partial charge in [0.05, 0.1) is 30.1 Å². The SMILES string of the molecule is CCCc1cc(=O)[nH]c(-n2nc(-c3cccs3)cc2NC(=O)c2cc(OC)c(OC)cc2[N+](=O)[O-])n1. The number of aromatic amines is 1. The van der Waals surface area contributed by atoms with Crippen LogP contribution in [0.5, 0.6) is 11.5 Å². The Kier molecular flexibility index (Phi) is 7.10. The van der Waals surface area contributed by atoms with Crippen LogP contribution in [0, 0.1) is 10.1 Å². The van der Waals surface area contributed by atoms with Crippen molar-refractivity contribution in [3.05, 3.63) is 73.5 Å². The van der Waals surface area contributed by atoms with Gasteiger partial charge in [0, 0.05) is 23.9 Å². The zero-order chi connectivity index (χ0) is 25.8. The van der Waals surface area contributed by atoms with E-state index in [-0.39, 0.29) is 34.4 Å². The van der Waals surface area contributed by atoms with Gasteiger partial charge in [-0.1, -0.05) is 19.4 Å². The van der Waals surface area contributed by atoms with Crippen molar-refractivity contribution in [2.75, 3.05) is 19.5 Å². The smallest absolute Gasteiger partial charge is 0.286 e. The second-order valence-electron chi connectivity index (χ2n) is 7.55. The molecule has 0 aliphatic rings. The Balaban J connectivity index is 1.82. The van der Waals surface area contributed by atoms with Gasteiger partial charge in [0.25, 0.3) is 17.2 Å². The highest BCUT2D eigenvalue weighted by Gasteiger charge is 2.26. The number of hydrogen-bond acceptors (Lipinski definition) is 9. The third-order valence-corrected chi connectivity index (χ3v) is 6.05. The molecular formula is C23H22N6O6S. The number of aryl methyl sites for hydroxylation is 1. The highest BCUT2D eigenvalue weighted by atomic mass is 32.1. The summed E-state index contributed by atoms with van der Waals surface area (Å²) < 4.78 is 11.6. The van der Waals surface area contributed by atoms with Crippen LogP contribution in [-0.2, 0) is 6.42 Å². The molecule has 4 rings (SSSR count). The van der Waals surface area contributed by atoms with Crippen molar-refractivity contribution >= 4 is 28.7 Å². The highest BCUT2D eigenvalue weighted by Crippen LogP contribution is 2.35. The molecule has 3 aromatic heterocycles. The second kappa shape index (κ2) is 10.4. The van der Waals surface area contributed by atoms with Crippen molar-refractivity contribution in [2.45, 2.75) is 19.8 Å². The lowest BCUT2D eigenvalue weighted by molar-refractivity contribution is -0.385. The lowest BCUT2D eigenvalue weighted by Crippen LogP contribution is -2.20. The average Bonchev–Trinajstić information content (AvgIpc) is 3.53. The summed E-state index contributed by atoms with van der Waals surface area (Å²) in [5, 5.41) is 20.8. The lowest BCUT2D eigenvalue weighted by Gasteiger charge is -2.12. The van der Waals surface area contributed by atoms with E-state index in [2.05, 4.69) is 20.4 Å². The van der Waals surface area contributed by atoms with Gasteiger partial charge in [-0.15, -0.1) is 11.3 Å². The number of nitrogens with one attached hydrogen (secondary N) is 2. The molecule has 0 unspecified atom stereocenters. The topological polar surface area (TPSA) is 154 Å². The second-order valence-corrected chi connectivity index (χ2v) is 8.50. The molecule has 3 heterocycles. The Morgan fingerprint density at radius 2 is 1.97 bits per heavy atom. The van der Waals surface area contributed by atoms with Crippen LogP contribution in [0.2, 0.25) is 0 Å². The number of aromatic nitrogens is 4. The van der Waals surface area contributed by atoms with Crippen LogP contribution in [0.4, 0.5) is 11.5 Å². The number of carbonyl (C=O) groups excluding carboxylic acids is 1. The maximum atomic E-state index is 13.3. The van der Waals surface area contributed by atoms with Crippen LogP contribution >= 0.6 is 11.3 Å². The van der Waals surface area contributed by atoms with E-state index in [9.17, 15) is 19.7 Å². The van der Waals surface area contributed by atoms with E-state index in [4.69, 9.17) is 9.47 Å². The minimum Gasteiger partial charge on any atom is -0.493 e. The molecule has 0 bridgehead atoms. The first-order valence-corrected chi connectivity index (χ1v) is 11.7. The quantitative estimate of drug-likeness (QED) is 0.254. The van der Waals surface area contributed by atoms with Crippen molar-refractivity contribution in [3.8, 4) is 28.0 Å². The van der Waals surface area contributed by atoms with E-state index in [1.165, 1.54) is 42.4 Å². The fraction of sp³-hybridized carbons (Fsp3) is 0.217. The first-order chi connectivity index (χ1) is 17.3. The summed E-state index contributed by atoms with van der Waals surface area (Å²) in [6.07, 6.45) is 1.36. The zero-order valence-corrected chi connectivity index (χ0v) is 20.4. The fourth-order valence-corrected chi connectivity index (χ4v) is 4.22. The third kappa shape index (κ3) is 4.95. The van der Waals surface area contributed by atoms with Crippen LogP contribution < -0.4 is 20.3 Å². The summed E-state index contributed by atoms with van der Waals surface area (Å²) >= 11 is 1.44. The minimum absolute atomic E-state index is 0.103. The molecule has 0 aliphatic heterocycles. The summed E-state index contributed by atoms with van der Waals surface area (Å²) in [6, 6.07) is 9.06. The molecule has 0 spiro atoms. The van der Waals surface area contributed by atoms with Gasteiger partial charge in [-0.25, -0.2) is 4.98 Å². The Morgan fingerprint density at radius 1 is 1.22 bits per heavy atom. The predicted molar refractivity (Wildman–Crippen MR) is 133 cm³/mol. The van der Waals surface area contributed by atoms with Crippen molar-refractivity contribution in [3.63, 3.8) is 0 Å². The van der Waals surface area contributed by atoms with E-state index >= 15 is 0 Å². The Morgan fingerprint density at radius 3 is 2.61 bits per heavy atom. The van der Waals surface area contributed by atoms with Gasteiger partial charge in [-0.2, -0.15) is 9.78 Å². The number of nitro benzene ring substituents is 1. The number of thiophene rings is 1. The molecule has 0 saturated carbocycles. The van der Waals surface area contributed by atoms with Crippen LogP contribution in [0.25, 0.3) is 16.5 Å². The summed E-state index contributed by atoms with van der Waals surface area (Å²) in [5.41, 5.74) is 0.00254. The molecule has 12 nitrogen and oxygen atoms in total. The number of ether oxygens (including phenoxy) is 2. The number of amides is 1. The van der Waals surface area contributed by atoms with E-state index in [0.29, 0.717) is 17.8 Å². The van der Waals surface area contributed by atoms with Gasteiger partial charge in [0.15, 0.2) is 11.5 Å². The standard InChI is InChI=1S/C23H22N6O6S/c1-4-6-13-9-21(30)26-23(24-13)28-20(11-15(27-28)19-7-5-8-36-19)25-22(31)14-10-17(34-2)18(35-3)12-16(14)29(32)33/h5,7-12H,4,6H2,1-3H3,(H,25,31)(H,24,26,30). The fourth-order valence-electron chi connectivity index (χ4n) is 3.54. The number of benzene rings is 1. The normalized spacial score (nSPS) is 10.8. The number of rotatable bonds is 9. The first-order valence-electron chi connectivity index (χ1n) is 10.8. The van der Waals surface area contributed by atoms with E-state index < -0.39 is 16.5 Å². The summed E-state index contributed by atoms with van der Waals surface area (Å²) in [4.78, 5) is 44.5. The first kappa shape index (κ1) is 24.6. The van der Waals surface area contributed by atoms with E-state index in [0.717, 1.165) is 17.4 Å². The molecule has 36 heavy (non-hydrogen) atoms. The number of hydrogen-bond donors (Lipinski definition) is 2. The molecule has 2 N–H and O–H groups in total.